The standard InChI is InChI=1S/C13H9NO4S/c1-17-8-2-3-11-7(4-8)5-12(19-11)10-6-9(13(15)16)14-18-10/h2-6H,1H3,(H,15,16). The van der Waals surface area contributed by atoms with Gasteiger partial charge in [0, 0.05) is 10.8 Å². The van der Waals surface area contributed by atoms with Crippen LogP contribution >= 0.6 is 11.3 Å². The molecule has 1 N–H and O–H groups in total. The molecule has 5 nitrogen and oxygen atoms in total. The van der Waals surface area contributed by atoms with Crippen molar-refractivity contribution in [1.82, 2.24) is 5.16 Å². The van der Waals surface area contributed by atoms with Gasteiger partial charge in [0.2, 0.25) is 0 Å². The zero-order valence-corrected chi connectivity index (χ0v) is 10.7. The number of carbonyl (C=O) groups is 1. The number of thiophene rings is 1. The Balaban J connectivity index is 2.06. The molecule has 19 heavy (non-hydrogen) atoms. The number of hydrogen-bond donors (Lipinski definition) is 1. The van der Waals surface area contributed by atoms with Crippen molar-refractivity contribution in [3.63, 3.8) is 0 Å². The van der Waals surface area contributed by atoms with Crippen molar-refractivity contribution >= 4 is 27.4 Å². The lowest BCUT2D eigenvalue weighted by molar-refractivity contribution is 0.0686. The Morgan fingerprint density at radius 2 is 2.21 bits per heavy atom. The van der Waals surface area contributed by atoms with Crippen LogP contribution in [-0.4, -0.2) is 23.3 Å². The largest absolute Gasteiger partial charge is 0.497 e. The van der Waals surface area contributed by atoms with E-state index in [4.69, 9.17) is 14.4 Å². The smallest absolute Gasteiger partial charge is 0.358 e. The Kier molecular flexibility index (Phi) is 2.72. The molecule has 0 saturated carbocycles. The van der Waals surface area contributed by atoms with Crippen molar-refractivity contribution in [3.8, 4) is 16.4 Å². The van der Waals surface area contributed by atoms with Crippen LogP contribution in [0.1, 0.15) is 10.5 Å². The molecule has 0 aliphatic carbocycles. The molecule has 0 atom stereocenters. The van der Waals surface area contributed by atoms with Crippen LogP contribution in [0.25, 0.3) is 20.7 Å². The molecule has 0 bridgehead atoms. The van der Waals surface area contributed by atoms with E-state index in [2.05, 4.69) is 5.16 Å². The fourth-order valence-electron chi connectivity index (χ4n) is 1.76. The van der Waals surface area contributed by atoms with Gasteiger partial charge in [-0.15, -0.1) is 11.3 Å². The molecule has 0 aliphatic rings. The highest BCUT2D eigenvalue weighted by Gasteiger charge is 2.14. The Morgan fingerprint density at radius 1 is 1.37 bits per heavy atom. The summed E-state index contributed by atoms with van der Waals surface area (Å²) in [5.41, 5.74) is -0.0926. The van der Waals surface area contributed by atoms with E-state index in [1.807, 2.05) is 24.3 Å². The van der Waals surface area contributed by atoms with E-state index < -0.39 is 5.97 Å². The van der Waals surface area contributed by atoms with Crippen LogP contribution in [0, 0.1) is 0 Å². The van der Waals surface area contributed by atoms with Gasteiger partial charge in [-0.1, -0.05) is 5.16 Å². The number of ether oxygens (including phenoxy) is 1. The highest BCUT2D eigenvalue weighted by Crippen LogP contribution is 2.35. The minimum Gasteiger partial charge on any atom is -0.497 e. The van der Waals surface area contributed by atoms with Gasteiger partial charge in [-0.05, 0) is 29.7 Å². The number of methoxy groups -OCH3 is 1. The number of aromatic nitrogens is 1. The normalized spacial score (nSPS) is 10.8. The fraction of sp³-hybridized carbons (Fsp3) is 0.0769. The quantitative estimate of drug-likeness (QED) is 0.794. The van der Waals surface area contributed by atoms with Gasteiger partial charge in [0.25, 0.3) is 0 Å². The lowest BCUT2D eigenvalue weighted by Gasteiger charge is -1.97. The topological polar surface area (TPSA) is 72.6 Å². The summed E-state index contributed by atoms with van der Waals surface area (Å²) in [6.45, 7) is 0. The van der Waals surface area contributed by atoms with E-state index in [0.717, 1.165) is 20.7 Å². The summed E-state index contributed by atoms with van der Waals surface area (Å²) in [6.07, 6.45) is 0. The summed E-state index contributed by atoms with van der Waals surface area (Å²) in [5, 5.41) is 13.3. The van der Waals surface area contributed by atoms with Gasteiger partial charge in [-0.2, -0.15) is 0 Å². The Morgan fingerprint density at radius 3 is 2.89 bits per heavy atom. The summed E-state index contributed by atoms with van der Waals surface area (Å²) in [5.74, 6) is 0.135. The molecule has 96 valence electrons. The van der Waals surface area contributed by atoms with E-state index in [-0.39, 0.29) is 5.69 Å². The van der Waals surface area contributed by atoms with E-state index in [9.17, 15) is 4.79 Å². The van der Waals surface area contributed by atoms with Crippen LogP contribution in [0.4, 0.5) is 0 Å². The van der Waals surface area contributed by atoms with Crippen molar-refractivity contribution in [2.45, 2.75) is 0 Å². The number of carboxylic acids is 1. The van der Waals surface area contributed by atoms with Gasteiger partial charge in [0.15, 0.2) is 11.5 Å². The predicted octanol–water partition coefficient (Wildman–Crippen LogP) is 3.26. The first-order valence-electron chi connectivity index (χ1n) is 5.45. The van der Waals surface area contributed by atoms with Crippen LogP contribution in [0.5, 0.6) is 5.75 Å². The molecular weight excluding hydrogens is 266 g/mol. The maximum atomic E-state index is 10.8. The molecule has 0 amide bonds. The second kappa shape index (κ2) is 4.40. The Bertz CT molecular complexity index is 759. The highest BCUT2D eigenvalue weighted by molar-refractivity contribution is 7.22. The third kappa shape index (κ3) is 2.06. The van der Waals surface area contributed by atoms with Crippen LogP contribution in [0.15, 0.2) is 34.9 Å². The van der Waals surface area contributed by atoms with Crippen molar-refractivity contribution in [1.29, 1.82) is 0 Å². The summed E-state index contributed by atoms with van der Waals surface area (Å²) in [4.78, 5) is 11.6. The molecular formula is C13H9NO4S. The zero-order valence-electron chi connectivity index (χ0n) is 9.91. The second-order valence-corrected chi connectivity index (χ2v) is 4.98. The first-order chi connectivity index (χ1) is 9.17. The molecule has 0 radical (unpaired) electrons. The number of rotatable bonds is 3. The van der Waals surface area contributed by atoms with Gasteiger partial charge in [0.1, 0.15) is 5.75 Å². The third-order valence-corrected chi connectivity index (χ3v) is 3.83. The molecule has 0 aliphatic heterocycles. The zero-order chi connectivity index (χ0) is 13.4. The lowest BCUT2D eigenvalue weighted by Crippen LogP contribution is -1.94. The van der Waals surface area contributed by atoms with Gasteiger partial charge in [-0.3, -0.25) is 0 Å². The van der Waals surface area contributed by atoms with E-state index >= 15 is 0 Å². The van der Waals surface area contributed by atoms with Crippen LogP contribution < -0.4 is 4.74 Å². The highest BCUT2D eigenvalue weighted by atomic mass is 32.1. The molecule has 6 heteroatoms. The average molecular weight is 275 g/mol. The third-order valence-electron chi connectivity index (χ3n) is 2.70. The number of aromatic carboxylic acids is 1. The molecule has 1 aromatic carbocycles. The maximum absolute atomic E-state index is 10.8. The first-order valence-corrected chi connectivity index (χ1v) is 6.27. The molecule has 3 rings (SSSR count). The van der Waals surface area contributed by atoms with E-state index in [1.165, 1.54) is 17.4 Å². The summed E-state index contributed by atoms with van der Waals surface area (Å²) < 4.78 is 11.3. The monoisotopic (exact) mass is 275 g/mol. The minimum absolute atomic E-state index is 0.0926. The summed E-state index contributed by atoms with van der Waals surface area (Å²) in [7, 11) is 1.62. The maximum Gasteiger partial charge on any atom is 0.358 e. The van der Waals surface area contributed by atoms with Crippen molar-refractivity contribution < 1.29 is 19.2 Å². The van der Waals surface area contributed by atoms with E-state index in [0.29, 0.717) is 5.76 Å². The average Bonchev–Trinajstić information content (AvgIpc) is 3.04. The Hall–Kier alpha value is -2.34. The number of hydrogen-bond acceptors (Lipinski definition) is 5. The predicted molar refractivity (Wildman–Crippen MR) is 70.8 cm³/mol. The SMILES string of the molecule is COc1ccc2sc(-c3cc(C(=O)O)no3)cc2c1. The van der Waals surface area contributed by atoms with Crippen molar-refractivity contribution in [2.24, 2.45) is 0 Å². The Labute approximate surface area is 112 Å². The fourth-order valence-corrected chi connectivity index (χ4v) is 2.75. The minimum atomic E-state index is -1.10. The van der Waals surface area contributed by atoms with Crippen LogP contribution in [-0.2, 0) is 0 Å². The van der Waals surface area contributed by atoms with E-state index in [1.54, 1.807) is 7.11 Å². The van der Waals surface area contributed by atoms with Crippen LogP contribution in [0.3, 0.4) is 0 Å². The molecule has 0 fully saturated rings. The molecule has 3 aromatic rings. The summed E-state index contributed by atoms with van der Waals surface area (Å²) >= 11 is 1.51. The molecule has 0 unspecified atom stereocenters. The molecule has 2 aromatic heterocycles. The molecule has 0 saturated heterocycles. The molecule has 0 spiro atoms. The van der Waals surface area contributed by atoms with Gasteiger partial charge in [0.05, 0.1) is 12.0 Å². The second-order valence-electron chi connectivity index (χ2n) is 3.90. The van der Waals surface area contributed by atoms with Gasteiger partial charge in [-0.25, -0.2) is 4.79 Å². The lowest BCUT2D eigenvalue weighted by atomic mass is 10.2. The number of benzene rings is 1. The number of fused-ring (bicyclic) bond motifs is 1. The number of nitrogens with zero attached hydrogens (tertiary/aromatic N) is 1. The van der Waals surface area contributed by atoms with Crippen molar-refractivity contribution in [3.05, 3.63) is 36.0 Å². The number of carboxylic acid groups (broad SMARTS) is 1. The summed E-state index contributed by atoms with van der Waals surface area (Å²) in [6, 6.07) is 9.10. The first kappa shape index (κ1) is 11.7. The molecule has 2 heterocycles. The van der Waals surface area contributed by atoms with Gasteiger partial charge < -0.3 is 14.4 Å². The van der Waals surface area contributed by atoms with Crippen molar-refractivity contribution in [2.75, 3.05) is 7.11 Å². The van der Waals surface area contributed by atoms with Crippen LogP contribution in [0.2, 0.25) is 0 Å². The van der Waals surface area contributed by atoms with Gasteiger partial charge >= 0.3 is 5.97 Å².